The SMILES string of the molecule is COCCCNC(=O)/C(C#N)=C\Nc1cc(C)cc(C)c1. The number of methoxy groups -OCH3 is 1. The fourth-order valence-corrected chi connectivity index (χ4v) is 1.88. The third-order valence-corrected chi connectivity index (χ3v) is 2.78. The lowest BCUT2D eigenvalue weighted by Gasteiger charge is -2.06. The maximum absolute atomic E-state index is 11.8. The Hall–Kier alpha value is -2.32. The summed E-state index contributed by atoms with van der Waals surface area (Å²) in [5.74, 6) is -0.384. The molecule has 1 aromatic carbocycles. The lowest BCUT2D eigenvalue weighted by molar-refractivity contribution is -0.117. The van der Waals surface area contributed by atoms with E-state index < -0.39 is 0 Å². The summed E-state index contributed by atoms with van der Waals surface area (Å²) >= 11 is 0. The molecular weight excluding hydrogens is 266 g/mol. The first-order chi connectivity index (χ1) is 10.1. The van der Waals surface area contributed by atoms with E-state index in [-0.39, 0.29) is 11.5 Å². The molecule has 1 rings (SSSR count). The van der Waals surface area contributed by atoms with Crippen molar-refractivity contribution >= 4 is 11.6 Å². The third-order valence-electron chi connectivity index (χ3n) is 2.78. The summed E-state index contributed by atoms with van der Waals surface area (Å²) in [7, 11) is 1.61. The van der Waals surface area contributed by atoms with Gasteiger partial charge in [0.15, 0.2) is 0 Å². The number of carbonyl (C=O) groups is 1. The maximum Gasteiger partial charge on any atom is 0.263 e. The molecule has 0 atom stereocenters. The minimum Gasteiger partial charge on any atom is -0.385 e. The zero-order valence-electron chi connectivity index (χ0n) is 12.7. The van der Waals surface area contributed by atoms with E-state index in [9.17, 15) is 4.79 Å². The number of ether oxygens (including phenoxy) is 1. The average molecular weight is 287 g/mol. The molecule has 5 heteroatoms. The molecule has 21 heavy (non-hydrogen) atoms. The number of benzene rings is 1. The van der Waals surface area contributed by atoms with Crippen molar-refractivity contribution in [1.82, 2.24) is 5.32 Å². The monoisotopic (exact) mass is 287 g/mol. The number of hydrogen-bond donors (Lipinski definition) is 2. The Morgan fingerprint density at radius 3 is 2.57 bits per heavy atom. The molecule has 0 saturated heterocycles. The highest BCUT2D eigenvalue weighted by atomic mass is 16.5. The second-order valence-corrected chi connectivity index (χ2v) is 4.79. The largest absolute Gasteiger partial charge is 0.385 e. The normalized spacial score (nSPS) is 10.9. The van der Waals surface area contributed by atoms with E-state index in [0.717, 1.165) is 16.8 Å². The molecule has 0 saturated carbocycles. The van der Waals surface area contributed by atoms with Gasteiger partial charge < -0.3 is 15.4 Å². The lowest BCUT2D eigenvalue weighted by Crippen LogP contribution is -2.26. The Morgan fingerprint density at radius 1 is 1.33 bits per heavy atom. The van der Waals surface area contributed by atoms with Crippen molar-refractivity contribution in [3.05, 3.63) is 41.1 Å². The number of carbonyl (C=O) groups excluding carboxylic acids is 1. The van der Waals surface area contributed by atoms with Gasteiger partial charge in [-0.3, -0.25) is 4.79 Å². The van der Waals surface area contributed by atoms with Gasteiger partial charge in [-0.1, -0.05) is 6.07 Å². The van der Waals surface area contributed by atoms with E-state index in [0.29, 0.717) is 19.6 Å². The number of hydrogen-bond acceptors (Lipinski definition) is 4. The molecule has 2 N–H and O–H groups in total. The van der Waals surface area contributed by atoms with E-state index in [1.807, 2.05) is 32.0 Å². The van der Waals surface area contributed by atoms with Gasteiger partial charge >= 0.3 is 0 Å². The van der Waals surface area contributed by atoms with Crippen LogP contribution in [-0.2, 0) is 9.53 Å². The Labute approximate surface area is 125 Å². The Morgan fingerprint density at radius 2 is 2.00 bits per heavy atom. The number of rotatable bonds is 7. The molecule has 0 aromatic heterocycles. The predicted octanol–water partition coefficient (Wildman–Crippen LogP) is 2.28. The van der Waals surface area contributed by atoms with Crippen molar-refractivity contribution in [2.75, 3.05) is 25.6 Å². The minimum atomic E-state index is -0.384. The molecule has 0 aliphatic rings. The smallest absolute Gasteiger partial charge is 0.263 e. The molecule has 0 radical (unpaired) electrons. The lowest BCUT2D eigenvalue weighted by atomic mass is 10.1. The summed E-state index contributed by atoms with van der Waals surface area (Å²) in [6.07, 6.45) is 2.14. The van der Waals surface area contributed by atoms with Crippen LogP contribution in [0.5, 0.6) is 0 Å². The standard InChI is InChI=1S/C16H21N3O2/c1-12-7-13(2)9-15(8-12)19-11-14(10-17)16(20)18-5-4-6-21-3/h7-9,11,19H,4-6H2,1-3H3,(H,18,20)/b14-11-. The van der Waals surface area contributed by atoms with E-state index in [1.165, 1.54) is 6.20 Å². The summed E-state index contributed by atoms with van der Waals surface area (Å²) in [6, 6.07) is 7.86. The maximum atomic E-state index is 11.8. The molecule has 112 valence electrons. The van der Waals surface area contributed by atoms with Crippen LogP contribution in [0, 0.1) is 25.2 Å². The van der Waals surface area contributed by atoms with Crippen molar-refractivity contribution in [3.63, 3.8) is 0 Å². The number of anilines is 1. The number of aryl methyl sites for hydroxylation is 2. The van der Waals surface area contributed by atoms with Gasteiger partial charge in [-0.2, -0.15) is 5.26 Å². The summed E-state index contributed by atoms with van der Waals surface area (Å²) < 4.78 is 4.89. The van der Waals surface area contributed by atoms with Crippen LogP contribution in [0.1, 0.15) is 17.5 Å². The quantitative estimate of drug-likeness (QED) is 0.458. The molecule has 0 bridgehead atoms. The van der Waals surface area contributed by atoms with Crippen LogP contribution >= 0.6 is 0 Å². The number of nitrogens with one attached hydrogen (secondary N) is 2. The van der Waals surface area contributed by atoms with Crippen LogP contribution < -0.4 is 10.6 Å². The molecule has 0 aliphatic carbocycles. The van der Waals surface area contributed by atoms with Crippen LogP contribution in [0.15, 0.2) is 30.0 Å². The van der Waals surface area contributed by atoms with Crippen molar-refractivity contribution in [1.29, 1.82) is 5.26 Å². The molecule has 1 amide bonds. The highest BCUT2D eigenvalue weighted by Gasteiger charge is 2.07. The molecule has 0 unspecified atom stereocenters. The minimum absolute atomic E-state index is 0.0478. The van der Waals surface area contributed by atoms with Gasteiger partial charge in [-0.25, -0.2) is 0 Å². The van der Waals surface area contributed by atoms with Crippen LogP contribution in [0.2, 0.25) is 0 Å². The molecule has 5 nitrogen and oxygen atoms in total. The van der Waals surface area contributed by atoms with Gasteiger partial charge in [0.05, 0.1) is 0 Å². The molecule has 1 aromatic rings. The molecule has 0 spiro atoms. The topological polar surface area (TPSA) is 74.1 Å². The van der Waals surface area contributed by atoms with Gasteiger partial charge in [-0.05, 0) is 43.5 Å². The van der Waals surface area contributed by atoms with Gasteiger partial charge in [0, 0.05) is 32.1 Å². The van der Waals surface area contributed by atoms with Gasteiger partial charge in [0.1, 0.15) is 11.6 Å². The zero-order chi connectivity index (χ0) is 15.7. The summed E-state index contributed by atoms with van der Waals surface area (Å²) in [4.78, 5) is 11.8. The van der Waals surface area contributed by atoms with Crippen molar-refractivity contribution < 1.29 is 9.53 Å². The fraction of sp³-hybridized carbons (Fsp3) is 0.375. The highest BCUT2D eigenvalue weighted by Crippen LogP contribution is 2.14. The molecule has 0 aliphatic heterocycles. The number of nitrogens with zero attached hydrogens (tertiary/aromatic N) is 1. The molecular formula is C16H21N3O2. The first kappa shape index (κ1) is 16.7. The number of amides is 1. The Balaban J connectivity index is 2.62. The second kappa shape index (κ2) is 8.77. The fourth-order valence-electron chi connectivity index (χ4n) is 1.88. The van der Waals surface area contributed by atoms with Crippen LogP contribution in [-0.4, -0.2) is 26.2 Å². The zero-order valence-corrected chi connectivity index (χ0v) is 12.7. The average Bonchev–Trinajstić information content (AvgIpc) is 2.43. The van der Waals surface area contributed by atoms with Gasteiger partial charge in [0.2, 0.25) is 0 Å². The second-order valence-electron chi connectivity index (χ2n) is 4.79. The molecule has 0 fully saturated rings. The van der Waals surface area contributed by atoms with Crippen molar-refractivity contribution in [2.45, 2.75) is 20.3 Å². The van der Waals surface area contributed by atoms with E-state index >= 15 is 0 Å². The summed E-state index contributed by atoms with van der Waals surface area (Å²) in [5.41, 5.74) is 3.14. The van der Waals surface area contributed by atoms with Crippen LogP contribution in [0.3, 0.4) is 0 Å². The first-order valence-corrected chi connectivity index (χ1v) is 6.79. The van der Waals surface area contributed by atoms with Crippen molar-refractivity contribution in [2.24, 2.45) is 0 Å². The third kappa shape index (κ3) is 6.11. The Bertz CT molecular complexity index is 539. The Kier molecular flexibility index (Phi) is 6.99. The predicted molar refractivity (Wildman–Crippen MR) is 82.7 cm³/mol. The van der Waals surface area contributed by atoms with Crippen LogP contribution in [0.4, 0.5) is 5.69 Å². The van der Waals surface area contributed by atoms with Crippen molar-refractivity contribution in [3.8, 4) is 6.07 Å². The van der Waals surface area contributed by atoms with E-state index in [1.54, 1.807) is 7.11 Å². The molecule has 0 heterocycles. The van der Waals surface area contributed by atoms with E-state index in [2.05, 4.69) is 16.7 Å². The van der Waals surface area contributed by atoms with Gasteiger partial charge in [0.25, 0.3) is 5.91 Å². The first-order valence-electron chi connectivity index (χ1n) is 6.79. The number of nitriles is 1. The van der Waals surface area contributed by atoms with E-state index in [4.69, 9.17) is 10.00 Å². The summed E-state index contributed by atoms with van der Waals surface area (Å²) in [6.45, 7) is 5.05. The van der Waals surface area contributed by atoms with Crippen LogP contribution in [0.25, 0.3) is 0 Å². The highest BCUT2D eigenvalue weighted by molar-refractivity contribution is 5.97. The summed E-state index contributed by atoms with van der Waals surface area (Å²) in [5, 5.41) is 14.7. The van der Waals surface area contributed by atoms with Gasteiger partial charge in [-0.15, -0.1) is 0 Å².